The molecular weight excluding hydrogens is 312 g/mol. The Morgan fingerprint density at radius 3 is 2.20 bits per heavy atom. The molecule has 1 atom stereocenters. The van der Waals surface area contributed by atoms with Crippen LogP contribution in [0.2, 0.25) is 0 Å². The van der Waals surface area contributed by atoms with Crippen LogP contribution in [0.25, 0.3) is 0 Å². The number of nitriles is 1. The third-order valence-electron chi connectivity index (χ3n) is 4.79. The van der Waals surface area contributed by atoms with E-state index < -0.39 is 0 Å². The van der Waals surface area contributed by atoms with Crippen LogP contribution in [0.5, 0.6) is 0 Å². The van der Waals surface area contributed by atoms with Gasteiger partial charge >= 0.3 is 0 Å². The molecule has 1 heterocycles. The Morgan fingerprint density at radius 1 is 1.12 bits per heavy atom. The number of anilines is 1. The van der Waals surface area contributed by atoms with Crippen LogP contribution in [0, 0.1) is 17.2 Å². The van der Waals surface area contributed by atoms with Crippen molar-refractivity contribution in [2.24, 2.45) is 5.92 Å². The fraction of sp³-hybridized carbons (Fsp3) is 0.600. The Kier molecular flexibility index (Phi) is 6.98. The van der Waals surface area contributed by atoms with Crippen LogP contribution in [0.15, 0.2) is 24.3 Å². The van der Waals surface area contributed by atoms with Crippen molar-refractivity contribution < 1.29 is 4.79 Å². The number of nitrogens with zero attached hydrogens (tertiary/aromatic N) is 3. The minimum Gasteiger partial charge on any atom is -0.325 e. The summed E-state index contributed by atoms with van der Waals surface area (Å²) in [6.07, 6.45) is 0. The van der Waals surface area contributed by atoms with Crippen LogP contribution < -0.4 is 5.32 Å². The zero-order valence-electron chi connectivity index (χ0n) is 15.8. The lowest BCUT2D eigenvalue weighted by Crippen LogP contribution is -2.52. The minimum absolute atomic E-state index is 0.0199. The van der Waals surface area contributed by atoms with Crippen LogP contribution in [0.4, 0.5) is 5.69 Å². The van der Waals surface area contributed by atoms with Crippen molar-refractivity contribution in [3.05, 3.63) is 29.8 Å². The molecule has 5 nitrogen and oxygen atoms in total. The summed E-state index contributed by atoms with van der Waals surface area (Å²) >= 11 is 0. The highest BCUT2D eigenvalue weighted by Gasteiger charge is 2.26. The molecule has 1 N–H and O–H groups in total. The third kappa shape index (κ3) is 5.55. The quantitative estimate of drug-likeness (QED) is 0.863. The molecule has 0 aliphatic carbocycles. The van der Waals surface area contributed by atoms with Crippen molar-refractivity contribution >= 4 is 11.6 Å². The lowest BCUT2D eigenvalue weighted by molar-refractivity contribution is -0.117. The highest BCUT2D eigenvalue weighted by molar-refractivity contribution is 5.92. The average Bonchev–Trinajstić information content (AvgIpc) is 2.57. The third-order valence-corrected chi connectivity index (χ3v) is 4.79. The van der Waals surface area contributed by atoms with Gasteiger partial charge in [-0.1, -0.05) is 39.8 Å². The normalized spacial score (nSPS) is 17.5. The largest absolute Gasteiger partial charge is 0.325 e. The van der Waals surface area contributed by atoms with Gasteiger partial charge in [0, 0.05) is 31.9 Å². The van der Waals surface area contributed by atoms with Gasteiger partial charge in [-0.2, -0.15) is 5.26 Å². The summed E-state index contributed by atoms with van der Waals surface area (Å²) in [4.78, 5) is 16.6. The minimum atomic E-state index is -0.0320. The lowest BCUT2D eigenvalue weighted by atomic mass is 10.0. The van der Waals surface area contributed by atoms with E-state index >= 15 is 0 Å². The number of carbonyl (C=O) groups excluding carboxylic acids is 1. The molecule has 25 heavy (non-hydrogen) atoms. The second-order valence-corrected chi connectivity index (χ2v) is 7.45. The van der Waals surface area contributed by atoms with Gasteiger partial charge in [0.05, 0.1) is 12.6 Å². The van der Waals surface area contributed by atoms with E-state index in [-0.39, 0.29) is 11.9 Å². The Hall–Kier alpha value is -1.90. The van der Waals surface area contributed by atoms with E-state index in [1.54, 1.807) is 0 Å². The van der Waals surface area contributed by atoms with Crippen LogP contribution >= 0.6 is 0 Å². The van der Waals surface area contributed by atoms with Crippen LogP contribution in [0.1, 0.15) is 39.2 Å². The van der Waals surface area contributed by atoms with E-state index in [1.165, 1.54) is 5.56 Å². The first-order valence-electron chi connectivity index (χ1n) is 9.16. The monoisotopic (exact) mass is 342 g/mol. The van der Waals surface area contributed by atoms with Gasteiger partial charge in [0.15, 0.2) is 0 Å². The van der Waals surface area contributed by atoms with E-state index in [9.17, 15) is 10.1 Å². The zero-order valence-corrected chi connectivity index (χ0v) is 15.8. The molecule has 1 amide bonds. The molecule has 1 aromatic carbocycles. The highest BCUT2D eigenvalue weighted by Crippen LogP contribution is 2.17. The standard InChI is InChI=1S/C20H30N4O/c1-15(2)17-5-7-18(8-6-17)22-20(25)14-23-9-11-24(12-10-23)19(13-21)16(3)4/h5-8,15-16,19H,9-12,14H2,1-4H3,(H,22,25). The van der Waals surface area contributed by atoms with Crippen molar-refractivity contribution in [1.82, 2.24) is 9.80 Å². The molecule has 136 valence electrons. The topological polar surface area (TPSA) is 59.4 Å². The van der Waals surface area contributed by atoms with Gasteiger partial charge in [-0.15, -0.1) is 0 Å². The van der Waals surface area contributed by atoms with Gasteiger partial charge in [-0.05, 0) is 29.5 Å². The zero-order chi connectivity index (χ0) is 18.4. The average molecular weight is 342 g/mol. The first-order chi connectivity index (χ1) is 11.9. The van der Waals surface area contributed by atoms with Gasteiger partial charge in [-0.25, -0.2) is 0 Å². The van der Waals surface area contributed by atoms with E-state index in [4.69, 9.17) is 0 Å². The molecule has 0 spiro atoms. The van der Waals surface area contributed by atoms with Gasteiger partial charge in [0.2, 0.25) is 5.91 Å². The Labute approximate surface area is 151 Å². The number of nitrogens with one attached hydrogen (secondary N) is 1. The van der Waals surface area contributed by atoms with Gasteiger partial charge in [0.25, 0.3) is 0 Å². The molecule has 1 aliphatic rings. The molecule has 1 aromatic rings. The van der Waals surface area contributed by atoms with Gasteiger partial charge in [-0.3, -0.25) is 14.6 Å². The molecule has 5 heteroatoms. The number of piperazine rings is 1. The Balaban J connectivity index is 1.79. The van der Waals surface area contributed by atoms with Crippen molar-refractivity contribution in [3.8, 4) is 6.07 Å². The summed E-state index contributed by atoms with van der Waals surface area (Å²) in [7, 11) is 0. The van der Waals surface area contributed by atoms with Crippen LogP contribution in [-0.2, 0) is 4.79 Å². The number of hydrogen-bond donors (Lipinski definition) is 1. The summed E-state index contributed by atoms with van der Waals surface area (Å²) in [6.45, 7) is 12.2. The Morgan fingerprint density at radius 2 is 1.72 bits per heavy atom. The van der Waals surface area contributed by atoms with E-state index in [0.717, 1.165) is 31.9 Å². The maximum atomic E-state index is 12.3. The van der Waals surface area contributed by atoms with Crippen LogP contribution in [-0.4, -0.2) is 54.5 Å². The number of amides is 1. The molecule has 1 saturated heterocycles. The molecule has 1 unspecified atom stereocenters. The summed E-state index contributed by atoms with van der Waals surface area (Å²) in [5.41, 5.74) is 2.11. The number of benzene rings is 1. The Bertz CT molecular complexity index is 595. The molecule has 0 saturated carbocycles. The molecule has 0 radical (unpaired) electrons. The first-order valence-corrected chi connectivity index (χ1v) is 9.16. The number of rotatable bonds is 6. The van der Waals surface area contributed by atoms with Crippen molar-refractivity contribution in [2.75, 3.05) is 38.0 Å². The number of carbonyl (C=O) groups is 1. The van der Waals surface area contributed by atoms with Gasteiger partial charge in [0.1, 0.15) is 6.04 Å². The predicted molar refractivity (Wildman–Crippen MR) is 101 cm³/mol. The van der Waals surface area contributed by atoms with Crippen molar-refractivity contribution in [3.63, 3.8) is 0 Å². The lowest BCUT2D eigenvalue weighted by Gasteiger charge is -2.37. The summed E-state index contributed by atoms with van der Waals surface area (Å²) in [5, 5.41) is 12.3. The highest BCUT2D eigenvalue weighted by atomic mass is 16.2. The second kappa shape index (κ2) is 8.98. The van der Waals surface area contributed by atoms with Gasteiger partial charge < -0.3 is 5.32 Å². The maximum Gasteiger partial charge on any atom is 0.238 e. The fourth-order valence-corrected chi connectivity index (χ4v) is 3.21. The smallest absolute Gasteiger partial charge is 0.238 e. The van der Waals surface area contributed by atoms with Crippen molar-refractivity contribution in [1.29, 1.82) is 5.26 Å². The summed E-state index contributed by atoms with van der Waals surface area (Å²) in [6, 6.07) is 10.4. The molecule has 1 aliphatic heterocycles. The van der Waals surface area contributed by atoms with E-state index in [2.05, 4.69) is 61.0 Å². The second-order valence-electron chi connectivity index (χ2n) is 7.45. The molecule has 0 aromatic heterocycles. The molecule has 1 fully saturated rings. The molecule has 2 rings (SSSR count). The van der Waals surface area contributed by atoms with E-state index in [1.807, 2.05) is 12.1 Å². The SMILES string of the molecule is CC(C)c1ccc(NC(=O)CN2CCN(C(C#N)C(C)C)CC2)cc1. The molecular formula is C20H30N4O. The maximum absolute atomic E-state index is 12.3. The predicted octanol–water partition coefficient (Wildman–Crippen LogP) is 2.91. The first kappa shape index (κ1) is 19.4. The molecule has 0 bridgehead atoms. The summed E-state index contributed by atoms with van der Waals surface area (Å²) < 4.78 is 0. The number of hydrogen-bond acceptors (Lipinski definition) is 4. The van der Waals surface area contributed by atoms with Crippen LogP contribution in [0.3, 0.4) is 0 Å². The van der Waals surface area contributed by atoms with Crippen molar-refractivity contribution in [2.45, 2.75) is 39.7 Å². The fourth-order valence-electron chi connectivity index (χ4n) is 3.21. The van der Waals surface area contributed by atoms with E-state index in [0.29, 0.717) is 18.4 Å². The summed E-state index contributed by atoms with van der Waals surface area (Å²) in [5.74, 6) is 0.837.